The van der Waals surface area contributed by atoms with Crippen LogP contribution in [0.15, 0.2) is 23.0 Å². The molecule has 0 bridgehead atoms. The van der Waals surface area contributed by atoms with Gasteiger partial charge in [0.05, 0.1) is 12.5 Å². The van der Waals surface area contributed by atoms with Gasteiger partial charge in [-0.2, -0.15) is 0 Å². The molecule has 0 atom stereocenters. The molecule has 1 aliphatic rings. The minimum Gasteiger partial charge on any atom is -0.472 e. The molecule has 0 aromatic carbocycles. The van der Waals surface area contributed by atoms with E-state index < -0.39 is 0 Å². The van der Waals surface area contributed by atoms with Gasteiger partial charge in [0.2, 0.25) is 0 Å². The van der Waals surface area contributed by atoms with Crippen molar-refractivity contribution < 1.29 is 4.42 Å². The third kappa shape index (κ3) is 2.59. The molecule has 1 aromatic rings. The highest BCUT2D eigenvalue weighted by Gasteiger charge is 2.09. The fourth-order valence-corrected chi connectivity index (χ4v) is 1.91. The first kappa shape index (κ1) is 8.82. The Labute approximate surface area is 79.5 Å². The van der Waals surface area contributed by atoms with Crippen LogP contribution in [0.4, 0.5) is 0 Å². The van der Waals surface area contributed by atoms with Gasteiger partial charge in [0.1, 0.15) is 0 Å². The molecule has 0 amide bonds. The number of likely N-dealkylation sites (tertiary alicyclic amines) is 1. The Kier molecular flexibility index (Phi) is 3.03. The highest BCUT2D eigenvalue weighted by Crippen LogP contribution is 2.10. The lowest BCUT2D eigenvalue weighted by molar-refractivity contribution is 0.231. The highest BCUT2D eigenvalue weighted by atomic mass is 16.3. The minimum atomic E-state index is 1.14. The molecule has 1 saturated heterocycles. The van der Waals surface area contributed by atoms with Crippen LogP contribution in [0.2, 0.25) is 0 Å². The summed E-state index contributed by atoms with van der Waals surface area (Å²) in [6.07, 6.45) is 8.92. The second-order valence-electron chi connectivity index (χ2n) is 3.78. The van der Waals surface area contributed by atoms with E-state index in [-0.39, 0.29) is 0 Å². The lowest BCUT2D eigenvalue weighted by Crippen LogP contribution is -2.31. The molecule has 0 unspecified atom stereocenters. The van der Waals surface area contributed by atoms with Crippen molar-refractivity contribution in [2.75, 3.05) is 19.6 Å². The van der Waals surface area contributed by atoms with Crippen molar-refractivity contribution >= 4 is 0 Å². The first-order valence-electron chi connectivity index (χ1n) is 5.18. The minimum absolute atomic E-state index is 1.14. The Bertz CT molecular complexity index is 224. The Morgan fingerprint density at radius 1 is 1.23 bits per heavy atom. The maximum Gasteiger partial charge on any atom is 0.0934 e. The third-order valence-corrected chi connectivity index (χ3v) is 2.75. The molecule has 0 N–H and O–H groups in total. The zero-order chi connectivity index (χ0) is 8.93. The lowest BCUT2D eigenvalue weighted by atomic mass is 10.1. The van der Waals surface area contributed by atoms with Crippen molar-refractivity contribution in [2.24, 2.45) is 0 Å². The average Bonchev–Trinajstić information content (AvgIpc) is 2.69. The van der Waals surface area contributed by atoms with Crippen LogP contribution in [0.1, 0.15) is 24.8 Å². The molecule has 1 aromatic heterocycles. The summed E-state index contributed by atoms with van der Waals surface area (Å²) < 4.78 is 5.04. The van der Waals surface area contributed by atoms with Crippen molar-refractivity contribution in [3.63, 3.8) is 0 Å². The summed E-state index contributed by atoms with van der Waals surface area (Å²) in [6, 6.07) is 2.06. The number of hydrogen-bond donors (Lipinski definition) is 0. The Morgan fingerprint density at radius 3 is 2.77 bits per heavy atom. The SMILES string of the molecule is c1cc(CCN2CCCCC2)co1. The van der Waals surface area contributed by atoms with Crippen molar-refractivity contribution in [3.8, 4) is 0 Å². The monoisotopic (exact) mass is 179 g/mol. The second kappa shape index (κ2) is 4.47. The number of furan rings is 1. The quantitative estimate of drug-likeness (QED) is 0.708. The van der Waals surface area contributed by atoms with E-state index in [9.17, 15) is 0 Å². The standard InChI is InChI=1S/C11H17NO/c1-2-6-12(7-3-1)8-4-11-5-9-13-10-11/h5,9-10H,1-4,6-8H2. The third-order valence-electron chi connectivity index (χ3n) is 2.75. The van der Waals surface area contributed by atoms with Gasteiger partial charge in [0.25, 0.3) is 0 Å². The summed E-state index contributed by atoms with van der Waals surface area (Å²) in [7, 11) is 0. The molecule has 2 heterocycles. The van der Waals surface area contributed by atoms with Crippen LogP contribution in [0.3, 0.4) is 0 Å². The molecule has 2 rings (SSSR count). The van der Waals surface area contributed by atoms with Crippen LogP contribution in [-0.2, 0) is 6.42 Å². The Balaban J connectivity index is 1.72. The van der Waals surface area contributed by atoms with Gasteiger partial charge >= 0.3 is 0 Å². The van der Waals surface area contributed by atoms with Crippen LogP contribution in [0.5, 0.6) is 0 Å². The summed E-state index contributed by atoms with van der Waals surface area (Å²) >= 11 is 0. The summed E-state index contributed by atoms with van der Waals surface area (Å²) in [5.41, 5.74) is 1.32. The van der Waals surface area contributed by atoms with Gasteiger partial charge in [-0.25, -0.2) is 0 Å². The van der Waals surface area contributed by atoms with Gasteiger partial charge in [0.15, 0.2) is 0 Å². The van der Waals surface area contributed by atoms with Crippen molar-refractivity contribution in [3.05, 3.63) is 24.2 Å². The highest BCUT2D eigenvalue weighted by molar-refractivity contribution is 5.05. The number of piperidine rings is 1. The first-order valence-corrected chi connectivity index (χ1v) is 5.18. The molecule has 13 heavy (non-hydrogen) atoms. The first-order chi connectivity index (χ1) is 6.45. The van der Waals surface area contributed by atoms with E-state index >= 15 is 0 Å². The maximum absolute atomic E-state index is 5.04. The summed E-state index contributed by atoms with van der Waals surface area (Å²) in [6.45, 7) is 3.77. The average molecular weight is 179 g/mol. The van der Waals surface area contributed by atoms with E-state index in [1.165, 1.54) is 44.5 Å². The molecular formula is C11H17NO. The van der Waals surface area contributed by atoms with Crippen molar-refractivity contribution in [1.82, 2.24) is 4.90 Å². The van der Waals surface area contributed by atoms with E-state index in [2.05, 4.69) is 11.0 Å². The van der Waals surface area contributed by atoms with E-state index in [1.807, 2.05) is 6.26 Å². The van der Waals surface area contributed by atoms with Crippen LogP contribution < -0.4 is 0 Å². The van der Waals surface area contributed by atoms with E-state index in [0.29, 0.717) is 0 Å². The van der Waals surface area contributed by atoms with E-state index in [1.54, 1.807) is 6.26 Å². The summed E-state index contributed by atoms with van der Waals surface area (Å²) in [5.74, 6) is 0. The summed E-state index contributed by atoms with van der Waals surface area (Å²) in [4.78, 5) is 2.55. The van der Waals surface area contributed by atoms with Gasteiger partial charge in [-0.15, -0.1) is 0 Å². The van der Waals surface area contributed by atoms with Crippen LogP contribution in [-0.4, -0.2) is 24.5 Å². The van der Waals surface area contributed by atoms with Gasteiger partial charge in [-0.1, -0.05) is 6.42 Å². The van der Waals surface area contributed by atoms with Crippen LogP contribution in [0, 0.1) is 0 Å². The topological polar surface area (TPSA) is 16.4 Å². The van der Waals surface area contributed by atoms with Crippen LogP contribution in [0.25, 0.3) is 0 Å². The fraction of sp³-hybridized carbons (Fsp3) is 0.636. The molecule has 0 aliphatic carbocycles. The van der Waals surface area contributed by atoms with Gasteiger partial charge in [-0.3, -0.25) is 0 Å². The van der Waals surface area contributed by atoms with Gasteiger partial charge in [0, 0.05) is 6.54 Å². The Hall–Kier alpha value is -0.760. The van der Waals surface area contributed by atoms with Crippen LogP contribution >= 0.6 is 0 Å². The number of rotatable bonds is 3. The predicted octanol–water partition coefficient (Wildman–Crippen LogP) is 2.31. The maximum atomic E-state index is 5.04. The van der Waals surface area contributed by atoms with Crippen molar-refractivity contribution in [2.45, 2.75) is 25.7 Å². The van der Waals surface area contributed by atoms with Gasteiger partial charge in [-0.05, 0) is 44.0 Å². The molecule has 1 fully saturated rings. The zero-order valence-electron chi connectivity index (χ0n) is 8.04. The molecular weight excluding hydrogens is 162 g/mol. The Morgan fingerprint density at radius 2 is 2.08 bits per heavy atom. The molecule has 0 saturated carbocycles. The van der Waals surface area contributed by atoms with E-state index in [0.717, 1.165) is 6.42 Å². The molecule has 72 valence electrons. The van der Waals surface area contributed by atoms with Crippen molar-refractivity contribution in [1.29, 1.82) is 0 Å². The smallest absolute Gasteiger partial charge is 0.0934 e. The van der Waals surface area contributed by atoms with E-state index in [4.69, 9.17) is 4.42 Å². The molecule has 1 aliphatic heterocycles. The number of nitrogens with zero attached hydrogens (tertiary/aromatic N) is 1. The number of hydrogen-bond acceptors (Lipinski definition) is 2. The molecule has 2 heteroatoms. The summed E-state index contributed by atoms with van der Waals surface area (Å²) in [5, 5.41) is 0. The largest absolute Gasteiger partial charge is 0.472 e. The normalized spacial score (nSPS) is 19.1. The van der Waals surface area contributed by atoms with Gasteiger partial charge < -0.3 is 9.32 Å². The molecule has 0 spiro atoms. The lowest BCUT2D eigenvalue weighted by Gasteiger charge is -2.25. The second-order valence-corrected chi connectivity index (χ2v) is 3.78. The zero-order valence-corrected chi connectivity index (χ0v) is 8.04. The fourth-order valence-electron chi connectivity index (χ4n) is 1.91. The molecule has 2 nitrogen and oxygen atoms in total. The predicted molar refractivity (Wildman–Crippen MR) is 52.7 cm³/mol. The molecule has 0 radical (unpaired) electrons.